The third-order valence-corrected chi connectivity index (χ3v) is 3.33. The van der Waals surface area contributed by atoms with Crippen LogP contribution in [-0.2, 0) is 15.7 Å². The fraction of sp³-hybridized carbons (Fsp3) is 0.286. The Bertz CT molecular complexity index is 424. The van der Waals surface area contributed by atoms with E-state index < -0.39 is 9.15 Å². The van der Waals surface area contributed by atoms with Gasteiger partial charge in [-0.05, 0) is 12.1 Å². The Balaban J connectivity index is 2.40. The number of aliphatic imine (C=N–C) groups is 1. The number of amidine groups is 1. The zero-order valence-corrected chi connectivity index (χ0v) is 9.29. The molecule has 0 bridgehead atoms. The molecule has 84 valence electrons. The van der Waals surface area contributed by atoms with Gasteiger partial charge in [0.1, 0.15) is 11.6 Å². The van der Waals surface area contributed by atoms with Gasteiger partial charge in [-0.2, -0.15) is 8.42 Å². The van der Waals surface area contributed by atoms with Crippen LogP contribution >= 0.6 is 10.8 Å². The number of furan rings is 1. The normalized spacial score (nSPS) is 13.0. The van der Waals surface area contributed by atoms with Crippen LogP contribution in [0.15, 0.2) is 27.8 Å². The SMILES string of the molecule is NC(CSS(=O)(=O)O)=NCc1ccco1. The predicted octanol–water partition coefficient (Wildman–Crippen LogP) is 0.673. The van der Waals surface area contributed by atoms with Crippen molar-refractivity contribution in [2.45, 2.75) is 6.54 Å². The maximum Gasteiger partial charge on any atom is 0.320 e. The van der Waals surface area contributed by atoms with Crippen LogP contribution in [0, 0.1) is 0 Å². The Kier molecular flexibility index (Phi) is 4.18. The molecule has 6 nitrogen and oxygen atoms in total. The van der Waals surface area contributed by atoms with Gasteiger partial charge in [-0.15, -0.1) is 0 Å². The monoisotopic (exact) mass is 250 g/mol. The summed E-state index contributed by atoms with van der Waals surface area (Å²) in [5.41, 5.74) is 5.41. The number of hydrogen-bond donors (Lipinski definition) is 2. The molecule has 1 aromatic rings. The first-order valence-electron chi connectivity index (χ1n) is 3.90. The van der Waals surface area contributed by atoms with Gasteiger partial charge in [0, 0.05) is 10.8 Å². The maximum absolute atomic E-state index is 10.4. The van der Waals surface area contributed by atoms with E-state index in [-0.39, 0.29) is 18.1 Å². The second-order valence-corrected chi connectivity index (χ2v) is 5.93. The Hall–Kier alpha value is -0.990. The minimum absolute atomic E-state index is 0.0699. The summed E-state index contributed by atoms with van der Waals surface area (Å²) in [6.45, 7) is 0.255. The molecule has 0 saturated carbocycles. The van der Waals surface area contributed by atoms with E-state index in [1.165, 1.54) is 6.26 Å². The van der Waals surface area contributed by atoms with Gasteiger partial charge in [-0.1, -0.05) is 0 Å². The van der Waals surface area contributed by atoms with Gasteiger partial charge in [0.05, 0.1) is 18.6 Å². The largest absolute Gasteiger partial charge is 0.467 e. The van der Waals surface area contributed by atoms with Crippen LogP contribution < -0.4 is 5.73 Å². The first kappa shape index (κ1) is 12.1. The average molecular weight is 250 g/mol. The molecule has 15 heavy (non-hydrogen) atoms. The third kappa shape index (κ3) is 5.45. The highest BCUT2D eigenvalue weighted by Crippen LogP contribution is 2.08. The minimum Gasteiger partial charge on any atom is -0.467 e. The van der Waals surface area contributed by atoms with E-state index in [0.29, 0.717) is 16.6 Å². The molecule has 0 radical (unpaired) electrons. The third-order valence-electron chi connectivity index (χ3n) is 1.37. The molecule has 1 rings (SSSR count). The van der Waals surface area contributed by atoms with Crippen molar-refractivity contribution in [3.8, 4) is 0 Å². The molecule has 0 unspecified atom stereocenters. The van der Waals surface area contributed by atoms with Crippen molar-refractivity contribution in [3.05, 3.63) is 24.2 Å². The maximum atomic E-state index is 10.4. The van der Waals surface area contributed by atoms with E-state index in [4.69, 9.17) is 14.7 Å². The van der Waals surface area contributed by atoms with Gasteiger partial charge in [-0.3, -0.25) is 9.55 Å². The molecule has 0 atom stereocenters. The van der Waals surface area contributed by atoms with Crippen molar-refractivity contribution in [1.82, 2.24) is 0 Å². The Morgan fingerprint density at radius 3 is 2.93 bits per heavy atom. The topological polar surface area (TPSA) is 106 Å². The van der Waals surface area contributed by atoms with Crippen molar-refractivity contribution in [3.63, 3.8) is 0 Å². The molecular formula is C7H10N2O4S2. The minimum atomic E-state index is -4.06. The Labute approximate surface area is 90.7 Å². The molecule has 0 aliphatic heterocycles. The first-order chi connectivity index (χ1) is 6.97. The lowest BCUT2D eigenvalue weighted by molar-refractivity contribution is 0.503. The average Bonchev–Trinajstić information content (AvgIpc) is 2.62. The molecule has 1 aromatic heterocycles. The smallest absolute Gasteiger partial charge is 0.320 e. The van der Waals surface area contributed by atoms with Crippen LogP contribution in [0.4, 0.5) is 0 Å². The van der Waals surface area contributed by atoms with E-state index in [1.807, 2.05) is 0 Å². The summed E-state index contributed by atoms with van der Waals surface area (Å²) in [5.74, 6) is 0.698. The summed E-state index contributed by atoms with van der Waals surface area (Å²) in [6.07, 6.45) is 1.51. The van der Waals surface area contributed by atoms with Crippen LogP contribution in [0.3, 0.4) is 0 Å². The Morgan fingerprint density at radius 2 is 2.40 bits per heavy atom. The molecule has 0 fully saturated rings. The highest BCUT2D eigenvalue weighted by Gasteiger charge is 2.06. The number of nitrogens with two attached hydrogens (primary N) is 1. The summed E-state index contributed by atoms with van der Waals surface area (Å²) in [6, 6.07) is 3.45. The van der Waals surface area contributed by atoms with Gasteiger partial charge in [0.15, 0.2) is 0 Å². The molecule has 3 N–H and O–H groups in total. The van der Waals surface area contributed by atoms with E-state index in [9.17, 15) is 8.42 Å². The van der Waals surface area contributed by atoms with Gasteiger partial charge in [0.25, 0.3) is 0 Å². The molecule has 0 aromatic carbocycles. The highest BCUT2D eigenvalue weighted by atomic mass is 33.1. The molecule has 0 aliphatic carbocycles. The van der Waals surface area contributed by atoms with Crippen LogP contribution in [0.1, 0.15) is 5.76 Å². The van der Waals surface area contributed by atoms with E-state index in [0.717, 1.165) is 0 Å². The van der Waals surface area contributed by atoms with E-state index in [2.05, 4.69) is 4.99 Å². The van der Waals surface area contributed by atoms with E-state index in [1.54, 1.807) is 12.1 Å². The number of rotatable bonds is 5. The summed E-state index contributed by atoms with van der Waals surface area (Å²) in [7, 11) is -3.74. The van der Waals surface area contributed by atoms with Gasteiger partial charge < -0.3 is 10.2 Å². The van der Waals surface area contributed by atoms with E-state index >= 15 is 0 Å². The number of nitrogens with zero attached hydrogens (tertiary/aromatic N) is 1. The van der Waals surface area contributed by atoms with Crippen molar-refractivity contribution in [2.24, 2.45) is 10.7 Å². The molecule has 0 spiro atoms. The standard InChI is InChI=1S/C7H10N2O4S2/c8-7(5-14-15(10,11)12)9-4-6-2-1-3-13-6/h1-3H,4-5H2,(H2,8,9)(H,10,11,12). The fourth-order valence-corrected chi connectivity index (χ4v) is 1.93. The second-order valence-electron chi connectivity index (χ2n) is 2.58. The molecule has 1 heterocycles. The summed E-state index contributed by atoms with van der Waals surface area (Å²) >= 11 is 0. The van der Waals surface area contributed by atoms with Crippen LogP contribution in [0.25, 0.3) is 0 Å². The summed E-state index contributed by atoms with van der Waals surface area (Å²) in [4.78, 5) is 3.87. The second kappa shape index (κ2) is 5.19. The molecule has 0 aliphatic rings. The first-order valence-corrected chi connectivity index (χ1v) is 6.84. The lowest BCUT2D eigenvalue weighted by Gasteiger charge is -1.97. The van der Waals surface area contributed by atoms with Crippen molar-refractivity contribution in [2.75, 3.05) is 5.75 Å². The van der Waals surface area contributed by atoms with Crippen molar-refractivity contribution < 1.29 is 17.4 Å². The lowest BCUT2D eigenvalue weighted by atomic mass is 10.4. The predicted molar refractivity (Wildman–Crippen MR) is 58.0 cm³/mol. The fourth-order valence-electron chi connectivity index (χ4n) is 0.762. The summed E-state index contributed by atoms with van der Waals surface area (Å²) in [5, 5.41) is 0. The summed E-state index contributed by atoms with van der Waals surface area (Å²) < 4.78 is 34.1. The van der Waals surface area contributed by atoms with Crippen LogP contribution in [0.2, 0.25) is 0 Å². The zero-order chi connectivity index (χ0) is 11.3. The molecule has 8 heteroatoms. The van der Waals surface area contributed by atoms with Gasteiger partial charge >= 0.3 is 9.15 Å². The van der Waals surface area contributed by atoms with Crippen molar-refractivity contribution >= 4 is 25.8 Å². The van der Waals surface area contributed by atoms with Crippen molar-refractivity contribution in [1.29, 1.82) is 0 Å². The highest BCUT2D eigenvalue weighted by molar-refractivity contribution is 8.70. The van der Waals surface area contributed by atoms with Crippen LogP contribution in [0.5, 0.6) is 0 Å². The number of hydrogen-bond acceptors (Lipinski definition) is 5. The molecule has 0 saturated heterocycles. The Morgan fingerprint density at radius 1 is 1.67 bits per heavy atom. The van der Waals surface area contributed by atoms with Gasteiger partial charge in [-0.25, -0.2) is 0 Å². The van der Waals surface area contributed by atoms with Gasteiger partial charge in [0.2, 0.25) is 0 Å². The quantitative estimate of drug-likeness (QED) is 0.344. The lowest BCUT2D eigenvalue weighted by Crippen LogP contribution is -2.16. The van der Waals surface area contributed by atoms with Crippen LogP contribution in [-0.4, -0.2) is 24.6 Å². The molecule has 0 amide bonds. The molecular weight excluding hydrogens is 240 g/mol. The zero-order valence-electron chi connectivity index (χ0n) is 7.66.